The van der Waals surface area contributed by atoms with E-state index in [4.69, 9.17) is 0 Å². The highest BCUT2D eigenvalue weighted by atomic mass is 15.1. The topological polar surface area (TPSA) is 29.9 Å². The summed E-state index contributed by atoms with van der Waals surface area (Å²) < 4.78 is 2.00. The second-order valence-corrected chi connectivity index (χ2v) is 1.95. The molecule has 0 saturated heterocycles. The van der Waals surface area contributed by atoms with E-state index in [-0.39, 0.29) is 0 Å². The first-order valence-electron chi connectivity index (χ1n) is 2.88. The predicted octanol–water partition coefficient (Wildman–Crippen LogP) is 0.414. The number of imidazole rings is 1. The van der Waals surface area contributed by atoms with Crippen molar-refractivity contribution in [2.75, 3.05) is 0 Å². The summed E-state index contributed by atoms with van der Waals surface area (Å²) in [6, 6.07) is 0. The van der Waals surface area contributed by atoms with Gasteiger partial charge in [0.25, 0.3) is 0 Å². The second-order valence-electron chi connectivity index (χ2n) is 1.95. The molecule has 1 aliphatic rings. The van der Waals surface area contributed by atoms with Crippen LogP contribution < -0.4 is 5.32 Å². The Morgan fingerprint density at radius 1 is 1.67 bits per heavy atom. The van der Waals surface area contributed by atoms with Crippen LogP contribution in [0.5, 0.6) is 0 Å². The molecule has 0 bridgehead atoms. The smallest absolute Gasteiger partial charge is 0.132 e. The molecule has 1 N–H and O–H groups in total. The standard InChI is InChI=1S/C6H7N3/c1-3-9-4-2-8-6(9)5-7-1/h1-4,7H,5H2. The summed E-state index contributed by atoms with van der Waals surface area (Å²) >= 11 is 0. The lowest BCUT2D eigenvalue weighted by Crippen LogP contribution is -2.13. The summed E-state index contributed by atoms with van der Waals surface area (Å²) in [5.41, 5.74) is 0. The highest BCUT2D eigenvalue weighted by Crippen LogP contribution is 2.00. The van der Waals surface area contributed by atoms with Gasteiger partial charge >= 0.3 is 0 Å². The van der Waals surface area contributed by atoms with E-state index in [1.165, 1.54) is 0 Å². The zero-order valence-electron chi connectivity index (χ0n) is 4.91. The Labute approximate surface area is 53.0 Å². The fourth-order valence-corrected chi connectivity index (χ4v) is 0.900. The van der Waals surface area contributed by atoms with E-state index in [0.717, 1.165) is 12.4 Å². The van der Waals surface area contributed by atoms with Crippen LogP contribution in [-0.4, -0.2) is 9.55 Å². The van der Waals surface area contributed by atoms with Gasteiger partial charge in [0.15, 0.2) is 0 Å². The average molecular weight is 121 g/mol. The van der Waals surface area contributed by atoms with E-state index in [2.05, 4.69) is 10.3 Å². The summed E-state index contributed by atoms with van der Waals surface area (Å²) in [6.07, 6.45) is 7.60. The number of nitrogens with zero attached hydrogens (tertiary/aromatic N) is 2. The molecular weight excluding hydrogens is 114 g/mol. The van der Waals surface area contributed by atoms with Gasteiger partial charge in [0.05, 0.1) is 6.54 Å². The lowest BCUT2D eigenvalue weighted by atomic mass is 10.5. The fourth-order valence-electron chi connectivity index (χ4n) is 0.900. The van der Waals surface area contributed by atoms with Gasteiger partial charge in [-0.15, -0.1) is 0 Å². The van der Waals surface area contributed by atoms with Gasteiger partial charge in [-0.05, 0) is 0 Å². The van der Waals surface area contributed by atoms with Crippen LogP contribution in [0, 0.1) is 0 Å². The van der Waals surface area contributed by atoms with E-state index in [0.29, 0.717) is 0 Å². The van der Waals surface area contributed by atoms with Crippen molar-refractivity contribution in [1.29, 1.82) is 0 Å². The van der Waals surface area contributed by atoms with Crippen LogP contribution in [0.2, 0.25) is 0 Å². The predicted molar refractivity (Wildman–Crippen MR) is 34.4 cm³/mol. The van der Waals surface area contributed by atoms with Crippen molar-refractivity contribution in [3.63, 3.8) is 0 Å². The van der Waals surface area contributed by atoms with E-state index in [9.17, 15) is 0 Å². The van der Waals surface area contributed by atoms with Crippen molar-refractivity contribution in [3.8, 4) is 0 Å². The molecule has 0 amide bonds. The average Bonchev–Trinajstić information content (AvgIpc) is 2.33. The molecule has 1 aromatic heterocycles. The molecule has 3 heteroatoms. The fraction of sp³-hybridized carbons (Fsp3) is 0.167. The van der Waals surface area contributed by atoms with Crippen LogP contribution in [0.25, 0.3) is 6.20 Å². The molecule has 0 radical (unpaired) electrons. The van der Waals surface area contributed by atoms with Crippen LogP contribution in [0.3, 0.4) is 0 Å². The first-order chi connectivity index (χ1) is 4.47. The van der Waals surface area contributed by atoms with Gasteiger partial charge in [-0.3, -0.25) is 0 Å². The minimum atomic E-state index is 0.837. The van der Waals surface area contributed by atoms with E-state index in [1.807, 2.05) is 23.2 Å². The van der Waals surface area contributed by atoms with E-state index < -0.39 is 0 Å². The second kappa shape index (κ2) is 1.62. The molecule has 2 heterocycles. The van der Waals surface area contributed by atoms with Gasteiger partial charge < -0.3 is 9.88 Å². The summed E-state index contributed by atoms with van der Waals surface area (Å²) in [4.78, 5) is 4.11. The minimum Gasteiger partial charge on any atom is -0.382 e. The highest BCUT2D eigenvalue weighted by molar-refractivity contribution is 5.26. The zero-order chi connectivity index (χ0) is 6.10. The summed E-state index contributed by atoms with van der Waals surface area (Å²) in [5, 5.41) is 3.06. The van der Waals surface area contributed by atoms with Gasteiger partial charge in [-0.2, -0.15) is 0 Å². The monoisotopic (exact) mass is 121 g/mol. The van der Waals surface area contributed by atoms with Crippen molar-refractivity contribution in [3.05, 3.63) is 24.4 Å². The number of fused-ring (bicyclic) bond motifs is 1. The third kappa shape index (κ3) is 0.614. The van der Waals surface area contributed by atoms with Gasteiger partial charge in [-0.25, -0.2) is 4.98 Å². The normalized spacial score (nSPS) is 14.7. The minimum absolute atomic E-state index is 0.837. The maximum atomic E-state index is 4.11. The van der Waals surface area contributed by atoms with Crippen molar-refractivity contribution in [2.45, 2.75) is 6.54 Å². The van der Waals surface area contributed by atoms with Gasteiger partial charge in [0.1, 0.15) is 5.82 Å². The molecule has 0 saturated carbocycles. The molecule has 9 heavy (non-hydrogen) atoms. The molecule has 0 aromatic carbocycles. The summed E-state index contributed by atoms with van der Waals surface area (Å²) in [6.45, 7) is 0.837. The Morgan fingerprint density at radius 3 is 3.56 bits per heavy atom. The Kier molecular flexibility index (Phi) is 0.828. The first-order valence-corrected chi connectivity index (χ1v) is 2.88. The molecule has 46 valence electrons. The molecule has 0 aliphatic carbocycles. The molecule has 1 aromatic rings. The van der Waals surface area contributed by atoms with Crippen molar-refractivity contribution >= 4 is 6.20 Å². The Morgan fingerprint density at radius 2 is 2.67 bits per heavy atom. The number of aromatic nitrogens is 2. The third-order valence-corrected chi connectivity index (χ3v) is 1.36. The molecule has 0 atom stereocenters. The lowest BCUT2D eigenvalue weighted by molar-refractivity contribution is 0.759. The number of hydrogen-bond donors (Lipinski definition) is 1. The van der Waals surface area contributed by atoms with Crippen LogP contribution >= 0.6 is 0 Å². The van der Waals surface area contributed by atoms with Gasteiger partial charge in [-0.1, -0.05) is 0 Å². The lowest BCUT2D eigenvalue weighted by Gasteiger charge is -2.07. The SMILES string of the molecule is C1=Cn2ccnc2CN1. The number of hydrogen-bond acceptors (Lipinski definition) is 2. The van der Waals surface area contributed by atoms with Gasteiger partial charge in [0.2, 0.25) is 0 Å². The molecular formula is C6H7N3. The van der Waals surface area contributed by atoms with Crippen molar-refractivity contribution < 1.29 is 0 Å². The molecule has 0 unspecified atom stereocenters. The van der Waals surface area contributed by atoms with Crippen LogP contribution in [-0.2, 0) is 6.54 Å². The summed E-state index contributed by atoms with van der Waals surface area (Å²) in [5.74, 6) is 1.07. The third-order valence-electron chi connectivity index (χ3n) is 1.36. The quantitative estimate of drug-likeness (QED) is 0.539. The van der Waals surface area contributed by atoms with Crippen LogP contribution in [0.1, 0.15) is 5.82 Å². The van der Waals surface area contributed by atoms with Gasteiger partial charge in [0, 0.05) is 24.8 Å². The molecule has 0 spiro atoms. The largest absolute Gasteiger partial charge is 0.382 e. The van der Waals surface area contributed by atoms with Crippen molar-refractivity contribution in [2.24, 2.45) is 0 Å². The number of rotatable bonds is 0. The van der Waals surface area contributed by atoms with Crippen LogP contribution in [0.4, 0.5) is 0 Å². The Hall–Kier alpha value is -1.25. The first kappa shape index (κ1) is 4.61. The van der Waals surface area contributed by atoms with E-state index in [1.54, 1.807) is 6.20 Å². The maximum absolute atomic E-state index is 4.11. The maximum Gasteiger partial charge on any atom is 0.132 e. The Bertz CT molecular complexity index is 236. The molecule has 3 nitrogen and oxygen atoms in total. The summed E-state index contributed by atoms with van der Waals surface area (Å²) in [7, 11) is 0. The Balaban J connectivity index is 2.53. The van der Waals surface area contributed by atoms with Crippen molar-refractivity contribution in [1.82, 2.24) is 14.9 Å². The highest BCUT2D eigenvalue weighted by Gasteiger charge is 2.00. The number of nitrogens with one attached hydrogen (secondary N) is 1. The zero-order valence-corrected chi connectivity index (χ0v) is 4.91. The molecule has 1 aliphatic heterocycles. The van der Waals surface area contributed by atoms with E-state index >= 15 is 0 Å². The molecule has 0 fully saturated rings. The molecule has 2 rings (SSSR count). The van der Waals surface area contributed by atoms with Crippen LogP contribution in [0.15, 0.2) is 18.6 Å².